The summed E-state index contributed by atoms with van der Waals surface area (Å²) in [6, 6.07) is 4.56. The monoisotopic (exact) mass is 282 g/mol. The quantitative estimate of drug-likeness (QED) is 0.904. The third-order valence-corrected chi connectivity index (χ3v) is 4.47. The van der Waals surface area contributed by atoms with E-state index in [1.807, 2.05) is 18.3 Å². The predicted octanol–water partition coefficient (Wildman–Crippen LogP) is 4.08. The maximum Gasteiger partial charge on any atom is 0.140 e. The van der Waals surface area contributed by atoms with Crippen molar-refractivity contribution >= 4 is 21.7 Å². The highest BCUT2D eigenvalue weighted by atomic mass is 79.9. The Morgan fingerprint density at radius 1 is 1.50 bits per heavy atom. The predicted molar refractivity (Wildman–Crippen MR) is 71.5 cm³/mol. The van der Waals surface area contributed by atoms with Crippen LogP contribution in [0, 0.1) is 11.8 Å². The van der Waals surface area contributed by atoms with E-state index < -0.39 is 0 Å². The molecule has 1 N–H and O–H groups in total. The SMILES string of the molecule is CCC1CCC(Nc2ncccc2Br)C1C. The lowest BCUT2D eigenvalue weighted by Crippen LogP contribution is -2.25. The number of halogens is 1. The minimum absolute atomic E-state index is 0.580. The third kappa shape index (κ3) is 2.40. The molecule has 3 unspecified atom stereocenters. The van der Waals surface area contributed by atoms with Gasteiger partial charge in [0, 0.05) is 12.2 Å². The van der Waals surface area contributed by atoms with Crippen molar-refractivity contribution < 1.29 is 0 Å². The number of aromatic nitrogens is 1. The van der Waals surface area contributed by atoms with Crippen molar-refractivity contribution in [1.29, 1.82) is 0 Å². The van der Waals surface area contributed by atoms with Gasteiger partial charge in [-0.25, -0.2) is 4.98 Å². The summed E-state index contributed by atoms with van der Waals surface area (Å²) in [4.78, 5) is 4.37. The highest BCUT2D eigenvalue weighted by Gasteiger charge is 2.31. The second kappa shape index (κ2) is 5.17. The third-order valence-electron chi connectivity index (χ3n) is 3.83. The molecule has 3 heteroatoms. The van der Waals surface area contributed by atoms with Crippen LogP contribution in [0.15, 0.2) is 22.8 Å². The molecule has 0 spiro atoms. The first-order chi connectivity index (χ1) is 7.72. The maximum absolute atomic E-state index is 4.37. The fourth-order valence-corrected chi connectivity index (χ4v) is 3.06. The van der Waals surface area contributed by atoms with Gasteiger partial charge in [0.1, 0.15) is 5.82 Å². The zero-order chi connectivity index (χ0) is 11.5. The number of nitrogens with one attached hydrogen (secondary N) is 1. The van der Waals surface area contributed by atoms with E-state index >= 15 is 0 Å². The molecule has 88 valence electrons. The topological polar surface area (TPSA) is 24.9 Å². The molecule has 3 atom stereocenters. The summed E-state index contributed by atoms with van der Waals surface area (Å²) >= 11 is 3.53. The molecule has 1 fully saturated rings. The average molecular weight is 283 g/mol. The van der Waals surface area contributed by atoms with Crippen LogP contribution in [-0.4, -0.2) is 11.0 Å². The van der Waals surface area contributed by atoms with Gasteiger partial charge in [0.2, 0.25) is 0 Å². The normalized spacial score (nSPS) is 29.3. The smallest absolute Gasteiger partial charge is 0.140 e. The highest BCUT2D eigenvalue weighted by Crippen LogP contribution is 2.36. The van der Waals surface area contributed by atoms with Crippen molar-refractivity contribution in [2.45, 2.75) is 39.2 Å². The maximum atomic E-state index is 4.37. The van der Waals surface area contributed by atoms with Gasteiger partial charge in [0.05, 0.1) is 4.47 Å². The number of hydrogen-bond acceptors (Lipinski definition) is 2. The van der Waals surface area contributed by atoms with Crippen LogP contribution in [0.25, 0.3) is 0 Å². The molecule has 0 amide bonds. The van der Waals surface area contributed by atoms with E-state index in [4.69, 9.17) is 0 Å². The average Bonchev–Trinajstić information content (AvgIpc) is 2.63. The molecule has 1 saturated carbocycles. The largest absolute Gasteiger partial charge is 0.366 e. The Bertz CT molecular complexity index is 354. The number of pyridine rings is 1. The zero-order valence-corrected chi connectivity index (χ0v) is 11.5. The van der Waals surface area contributed by atoms with Crippen LogP contribution in [0.4, 0.5) is 5.82 Å². The second-order valence-corrected chi connectivity index (χ2v) is 5.54. The van der Waals surface area contributed by atoms with Crippen LogP contribution < -0.4 is 5.32 Å². The Kier molecular flexibility index (Phi) is 3.85. The molecule has 0 radical (unpaired) electrons. The van der Waals surface area contributed by atoms with Gasteiger partial charge < -0.3 is 5.32 Å². The Hall–Kier alpha value is -0.570. The van der Waals surface area contributed by atoms with Gasteiger partial charge in [-0.15, -0.1) is 0 Å². The molecule has 0 aliphatic heterocycles. The van der Waals surface area contributed by atoms with Gasteiger partial charge in [-0.05, 0) is 52.7 Å². The van der Waals surface area contributed by atoms with Crippen LogP contribution in [0.1, 0.15) is 33.1 Å². The van der Waals surface area contributed by atoms with E-state index in [-0.39, 0.29) is 0 Å². The number of hydrogen-bond donors (Lipinski definition) is 1. The summed E-state index contributed by atoms with van der Waals surface area (Å²) in [5.74, 6) is 2.61. The van der Waals surface area contributed by atoms with E-state index in [0.717, 1.165) is 22.1 Å². The zero-order valence-electron chi connectivity index (χ0n) is 9.91. The first kappa shape index (κ1) is 11.9. The van der Waals surface area contributed by atoms with Gasteiger partial charge in [-0.1, -0.05) is 20.3 Å². The lowest BCUT2D eigenvalue weighted by Gasteiger charge is -2.21. The van der Waals surface area contributed by atoms with Gasteiger partial charge in [0.25, 0.3) is 0 Å². The second-order valence-electron chi connectivity index (χ2n) is 4.69. The minimum Gasteiger partial charge on any atom is -0.366 e. The number of anilines is 1. The Morgan fingerprint density at radius 2 is 2.31 bits per heavy atom. The molecular weight excluding hydrogens is 264 g/mol. The molecule has 0 bridgehead atoms. The van der Waals surface area contributed by atoms with E-state index in [1.165, 1.54) is 19.3 Å². The first-order valence-corrected chi connectivity index (χ1v) is 6.88. The van der Waals surface area contributed by atoms with Gasteiger partial charge in [0.15, 0.2) is 0 Å². The van der Waals surface area contributed by atoms with Crippen molar-refractivity contribution in [2.24, 2.45) is 11.8 Å². The van der Waals surface area contributed by atoms with Crippen LogP contribution in [0.3, 0.4) is 0 Å². The molecule has 1 aliphatic carbocycles. The van der Waals surface area contributed by atoms with Crippen molar-refractivity contribution in [1.82, 2.24) is 4.98 Å². The lowest BCUT2D eigenvalue weighted by atomic mass is 9.93. The Labute approximate surface area is 106 Å². The van der Waals surface area contributed by atoms with E-state index in [0.29, 0.717) is 6.04 Å². The summed E-state index contributed by atoms with van der Waals surface area (Å²) in [6.07, 6.45) is 5.75. The summed E-state index contributed by atoms with van der Waals surface area (Å²) in [7, 11) is 0. The van der Waals surface area contributed by atoms with E-state index in [9.17, 15) is 0 Å². The standard InChI is InChI=1S/C13H19BrN2/c1-3-10-6-7-12(9(10)2)16-13-11(14)5-4-8-15-13/h4-5,8-10,12H,3,6-7H2,1-2H3,(H,15,16). The van der Waals surface area contributed by atoms with Gasteiger partial charge >= 0.3 is 0 Å². The van der Waals surface area contributed by atoms with Crippen LogP contribution in [0.2, 0.25) is 0 Å². The van der Waals surface area contributed by atoms with E-state index in [2.05, 4.69) is 40.1 Å². The molecule has 16 heavy (non-hydrogen) atoms. The fraction of sp³-hybridized carbons (Fsp3) is 0.615. The molecule has 1 heterocycles. The van der Waals surface area contributed by atoms with Crippen molar-refractivity contribution in [2.75, 3.05) is 5.32 Å². The van der Waals surface area contributed by atoms with Crippen molar-refractivity contribution in [3.8, 4) is 0 Å². The molecular formula is C13H19BrN2. The van der Waals surface area contributed by atoms with Crippen molar-refractivity contribution in [3.05, 3.63) is 22.8 Å². The summed E-state index contributed by atoms with van der Waals surface area (Å²) in [5.41, 5.74) is 0. The van der Waals surface area contributed by atoms with Crippen molar-refractivity contribution in [3.63, 3.8) is 0 Å². The molecule has 2 nitrogen and oxygen atoms in total. The van der Waals surface area contributed by atoms with Crippen LogP contribution in [0.5, 0.6) is 0 Å². The summed E-state index contributed by atoms with van der Waals surface area (Å²) < 4.78 is 1.06. The van der Waals surface area contributed by atoms with Gasteiger partial charge in [-0.2, -0.15) is 0 Å². The summed E-state index contributed by atoms with van der Waals surface area (Å²) in [6.45, 7) is 4.65. The summed E-state index contributed by atoms with van der Waals surface area (Å²) in [5, 5.41) is 3.57. The molecule has 1 aromatic heterocycles. The van der Waals surface area contributed by atoms with Crippen LogP contribution >= 0.6 is 15.9 Å². The highest BCUT2D eigenvalue weighted by molar-refractivity contribution is 9.10. The lowest BCUT2D eigenvalue weighted by molar-refractivity contribution is 0.391. The number of nitrogens with zero attached hydrogens (tertiary/aromatic N) is 1. The number of rotatable bonds is 3. The molecule has 1 aliphatic rings. The fourth-order valence-electron chi connectivity index (χ4n) is 2.69. The van der Waals surface area contributed by atoms with Crippen LogP contribution in [-0.2, 0) is 0 Å². The minimum atomic E-state index is 0.580. The Morgan fingerprint density at radius 3 is 2.94 bits per heavy atom. The molecule has 0 saturated heterocycles. The first-order valence-electron chi connectivity index (χ1n) is 6.09. The molecule has 1 aromatic rings. The van der Waals surface area contributed by atoms with Gasteiger partial charge in [-0.3, -0.25) is 0 Å². The molecule has 0 aromatic carbocycles. The molecule has 2 rings (SSSR count). The Balaban J connectivity index is 2.04. The van der Waals surface area contributed by atoms with E-state index in [1.54, 1.807) is 0 Å².